The molecule has 0 spiro atoms. The molecule has 16 heavy (non-hydrogen) atoms. The van der Waals surface area contributed by atoms with E-state index in [2.05, 4.69) is 0 Å². The van der Waals surface area contributed by atoms with E-state index >= 15 is 0 Å². The third kappa shape index (κ3) is 2.30. The predicted octanol–water partition coefficient (Wildman–Crippen LogP) is 2.60. The van der Waals surface area contributed by atoms with E-state index in [9.17, 15) is 4.79 Å². The van der Waals surface area contributed by atoms with Crippen LogP contribution in [0.25, 0.3) is 0 Å². The molecule has 1 aromatic rings. The largest absolute Gasteiger partial charge is 0.478 e. The SMILES string of the molecule is CCOC(=O)[C@H]1CCc2cc(Cl)ccc2O1. The number of benzene rings is 1. The standard InChI is InChI=1S/C12H13ClO3/c1-2-15-12(14)11-5-3-8-7-9(13)4-6-10(8)16-11/h4,6-7,11H,2-3,5H2,1H3/t11-/m1/s1. The minimum Gasteiger partial charge on any atom is -0.478 e. The number of aryl methyl sites for hydroxylation is 1. The molecule has 0 saturated heterocycles. The summed E-state index contributed by atoms with van der Waals surface area (Å²) >= 11 is 5.88. The molecule has 2 rings (SSSR count). The molecular formula is C12H13ClO3. The summed E-state index contributed by atoms with van der Waals surface area (Å²) in [7, 11) is 0. The highest BCUT2D eigenvalue weighted by Crippen LogP contribution is 2.30. The zero-order chi connectivity index (χ0) is 11.5. The first kappa shape index (κ1) is 11.3. The molecule has 86 valence electrons. The van der Waals surface area contributed by atoms with Gasteiger partial charge < -0.3 is 9.47 Å². The molecule has 0 radical (unpaired) electrons. The first-order valence-corrected chi connectivity index (χ1v) is 5.70. The Bertz CT molecular complexity index is 403. The topological polar surface area (TPSA) is 35.5 Å². The molecule has 0 unspecified atom stereocenters. The highest BCUT2D eigenvalue weighted by atomic mass is 35.5. The summed E-state index contributed by atoms with van der Waals surface area (Å²) in [4.78, 5) is 11.5. The van der Waals surface area contributed by atoms with Crippen molar-refractivity contribution in [2.24, 2.45) is 0 Å². The van der Waals surface area contributed by atoms with Crippen LogP contribution in [-0.4, -0.2) is 18.7 Å². The molecule has 3 nitrogen and oxygen atoms in total. The van der Waals surface area contributed by atoms with Crippen LogP contribution in [0.2, 0.25) is 5.02 Å². The van der Waals surface area contributed by atoms with Crippen molar-refractivity contribution in [3.05, 3.63) is 28.8 Å². The summed E-state index contributed by atoms with van der Waals surface area (Å²) in [6.45, 7) is 2.17. The number of fused-ring (bicyclic) bond motifs is 1. The number of rotatable bonds is 2. The van der Waals surface area contributed by atoms with E-state index in [0.717, 1.165) is 17.7 Å². The maximum absolute atomic E-state index is 11.5. The summed E-state index contributed by atoms with van der Waals surface area (Å²) < 4.78 is 10.5. The van der Waals surface area contributed by atoms with Crippen LogP contribution in [0.3, 0.4) is 0 Å². The number of carbonyl (C=O) groups is 1. The van der Waals surface area contributed by atoms with Gasteiger partial charge in [0.05, 0.1) is 6.61 Å². The first-order chi connectivity index (χ1) is 7.70. The Morgan fingerprint density at radius 3 is 3.19 bits per heavy atom. The van der Waals surface area contributed by atoms with Crippen molar-refractivity contribution in [1.82, 2.24) is 0 Å². The number of halogens is 1. The van der Waals surface area contributed by atoms with E-state index in [4.69, 9.17) is 21.1 Å². The molecule has 1 aliphatic heterocycles. The van der Waals surface area contributed by atoms with Crippen molar-refractivity contribution in [3.8, 4) is 5.75 Å². The van der Waals surface area contributed by atoms with Crippen LogP contribution in [0.4, 0.5) is 0 Å². The lowest BCUT2D eigenvalue weighted by atomic mass is 10.0. The Kier molecular flexibility index (Phi) is 3.34. The van der Waals surface area contributed by atoms with E-state index in [0.29, 0.717) is 18.1 Å². The van der Waals surface area contributed by atoms with Gasteiger partial charge in [0, 0.05) is 5.02 Å². The van der Waals surface area contributed by atoms with E-state index in [1.54, 1.807) is 19.1 Å². The van der Waals surface area contributed by atoms with Gasteiger partial charge in [0.2, 0.25) is 0 Å². The van der Waals surface area contributed by atoms with Crippen LogP contribution in [-0.2, 0) is 16.0 Å². The first-order valence-electron chi connectivity index (χ1n) is 5.32. The normalized spacial score (nSPS) is 18.5. The third-order valence-corrected chi connectivity index (χ3v) is 2.75. The highest BCUT2D eigenvalue weighted by Gasteiger charge is 2.27. The number of carbonyl (C=O) groups excluding carboxylic acids is 1. The molecule has 1 atom stereocenters. The number of hydrogen-bond donors (Lipinski definition) is 0. The molecule has 0 N–H and O–H groups in total. The van der Waals surface area contributed by atoms with Crippen LogP contribution in [0, 0.1) is 0 Å². The van der Waals surface area contributed by atoms with Gasteiger partial charge in [-0.05, 0) is 43.5 Å². The smallest absolute Gasteiger partial charge is 0.347 e. The maximum Gasteiger partial charge on any atom is 0.347 e. The minimum absolute atomic E-state index is 0.289. The second-order valence-electron chi connectivity index (χ2n) is 3.65. The molecule has 1 heterocycles. The van der Waals surface area contributed by atoms with Crippen molar-refractivity contribution in [3.63, 3.8) is 0 Å². The van der Waals surface area contributed by atoms with Gasteiger partial charge in [-0.1, -0.05) is 11.6 Å². The summed E-state index contributed by atoms with van der Waals surface area (Å²) in [6.07, 6.45) is 0.958. The van der Waals surface area contributed by atoms with E-state index < -0.39 is 6.10 Å². The van der Waals surface area contributed by atoms with Gasteiger partial charge in [0.15, 0.2) is 6.10 Å². The lowest BCUT2D eigenvalue weighted by molar-refractivity contribution is -0.152. The number of esters is 1. The van der Waals surface area contributed by atoms with Crippen molar-refractivity contribution in [2.45, 2.75) is 25.9 Å². The van der Waals surface area contributed by atoms with Crippen molar-refractivity contribution >= 4 is 17.6 Å². The Balaban J connectivity index is 2.12. The molecule has 0 aliphatic carbocycles. The summed E-state index contributed by atoms with van der Waals surface area (Å²) in [5.41, 5.74) is 1.05. The van der Waals surface area contributed by atoms with E-state index in [-0.39, 0.29) is 5.97 Å². The minimum atomic E-state index is -0.478. The summed E-state index contributed by atoms with van der Waals surface area (Å²) in [6, 6.07) is 5.43. The molecule has 1 aliphatic rings. The molecule has 0 bridgehead atoms. The molecule has 0 saturated carbocycles. The van der Waals surface area contributed by atoms with Crippen molar-refractivity contribution < 1.29 is 14.3 Å². The molecule has 0 fully saturated rings. The fraction of sp³-hybridized carbons (Fsp3) is 0.417. The lowest BCUT2D eigenvalue weighted by Crippen LogP contribution is -2.32. The second-order valence-corrected chi connectivity index (χ2v) is 4.09. The quantitative estimate of drug-likeness (QED) is 0.746. The molecule has 0 amide bonds. The van der Waals surface area contributed by atoms with Crippen LogP contribution < -0.4 is 4.74 Å². The van der Waals surface area contributed by atoms with Gasteiger partial charge in [-0.15, -0.1) is 0 Å². The average Bonchev–Trinajstić information content (AvgIpc) is 2.28. The molecule has 4 heteroatoms. The summed E-state index contributed by atoms with van der Waals surface area (Å²) in [5, 5.41) is 0.692. The Hall–Kier alpha value is -1.22. The van der Waals surface area contributed by atoms with E-state index in [1.807, 2.05) is 6.07 Å². The van der Waals surface area contributed by atoms with Gasteiger partial charge in [-0.3, -0.25) is 0 Å². The molecule has 1 aromatic carbocycles. The van der Waals surface area contributed by atoms with Crippen LogP contribution >= 0.6 is 11.6 Å². The van der Waals surface area contributed by atoms with Crippen LogP contribution in [0.1, 0.15) is 18.9 Å². The van der Waals surface area contributed by atoms with Gasteiger partial charge in [0.25, 0.3) is 0 Å². The van der Waals surface area contributed by atoms with Crippen molar-refractivity contribution in [1.29, 1.82) is 0 Å². The number of hydrogen-bond acceptors (Lipinski definition) is 3. The zero-order valence-electron chi connectivity index (χ0n) is 9.03. The fourth-order valence-corrected chi connectivity index (χ4v) is 1.95. The van der Waals surface area contributed by atoms with Gasteiger partial charge in [-0.25, -0.2) is 4.79 Å². The average molecular weight is 241 g/mol. The zero-order valence-corrected chi connectivity index (χ0v) is 9.79. The van der Waals surface area contributed by atoms with E-state index in [1.165, 1.54) is 0 Å². The summed E-state index contributed by atoms with van der Waals surface area (Å²) in [5.74, 6) is 0.441. The molecular weight excluding hydrogens is 228 g/mol. The van der Waals surface area contributed by atoms with Gasteiger partial charge >= 0.3 is 5.97 Å². The maximum atomic E-state index is 11.5. The Labute approximate surface area is 99.3 Å². The number of ether oxygens (including phenoxy) is 2. The molecule has 0 aromatic heterocycles. The Morgan fingerprint density at radius 1 is 1.62 bits per heavy atom. The monoisotopic (exact) mass is 240 g/mol. The lowest BCUT2D eigenvalue weighted by Gasteiger charge is -2.24. The van der Waals surface area contributed by atoms with Gasteiger partial charge in [0.1, 0.15) is 5.75 Å². The highest BCUT2D eigenvalue weighted by molar-refractivity contribution is 6.30. The van der Waals surface area contributed by atoms with Crippen LogP contribution in [0.15, 0.2) is 18.2 Å². The second kappa shape index (κ2) is 4.74. The van der Waals surface area contributed by atoms with Crippen LogP contribution in [0.5, 0.6) is 5.75 Å². The Morgan fingerprint density at radius 2 is 2.44 bits per heavy atom. The fourth-order valence-electron chi connectivity index (χ4n) is 1.76. The predicted molar refractivity (Wildman–Crippen MR) is 60.8 cm³/mol. The van der Waals surface area contributed by atoms with Gasteiger partial charge in [-0.2, -0.15) is 0 Å². The third-order valence-electron chi connectivity index (χ3n) is 2.52. The van der Waals surface area contributed by atoms with Crippen molar-refractivity contribution in [2.75, 3.05) is 6.61 Å².